The van der Waals surface area contributed by atoms with E-state index in [1.807, 2.05) is 32.0 Å². The van der Waals surface area contributed by atoms with Crippen LogP contribution in [0.1, 0.15) is 39.1 Å². The van der Waals surface area contributed by atoms with E-state index in [0.717, 1.165) is 23.4 Å². The maximum absolute atomic E-state index is 12.3. The number of hydrogen-bond donors (Lipinski definition) is 1. The summed E-state index contributed by atoms with van der Waals surface area (Å²) < 4.78 is 0. The number of carbonyl (C=O) groups excluding carboxylic acids is 3. The fourth-order valence-electron chi connectivity index (χ4n) is 2.53. The summed E-state index contributed by atoms with van der Waals surface area (Å²) in [4.78, 5) is 39.5. The molecule has 1 aromatic carbocycles. The zero-order chi connectivity index (χ0) is 17.0. The Morgan fingerprint density at radius 1 is 1.17 bits per heavy atom. The number of aryl methyl sites for hydroxylation is 1. The van der Waals surface area contributed by atoms with Gasteiger partial charge < -0.3 is 10.2 Å². The number of fused-ring (bicyclic) bond motifs is 1. The second-order valence-corrected chi connectivity index (χ2v) is 6.07. The van der Waals surface area contributed by atoms with Crippen LogP contribution in [0.2, 0.25) is 0 Å². The second kappa shape index (κ2) is 7.37. The summed E-state index contributed by atoms with van der Waals surface area (Å²) in [5.74, 6) is -0.768. The molecule has 1 aromatic rings. The van der Waals surface area contributed by atoms with Crippen LogP contribution < -0.4 is 5.32 Å². The van der Waals surface area contributed by atoms with E-state index in [-0.39, 0.29) is 30.7 Å². The Bertz CT molecular complexity index is 626. The monoisotopic (exact) mass is 317 g/mol. The van der Waals surface area contributed by atoms with Gasteiger partial charge in [-0.05, 0) is 46.1 Å². The lowest BCUT2D eigenvalue weighted by molar-refractivity contribution is -0.121. The smallest absolute Gasteiger partial charge is 0.261 e. The van der Waals surface area contributed by atoms with E-state index >= 15 is 0 Å². The van der Waals surface area contributed by atoms with Crippen LogP contribution in [0.3, 0.4) is 0 Å². The van der Waals surface area contributed by atoms with Gasteiger partial charge in [0.1, 0.15) is 0 Å². The molecule has 1 aliphatic rings. The van der Waals surface area contributed by atoms with Gasteiger partial charge in [0.25, 0.3) is 11.8 Å². The molecule has 6 heteroatoms. The average molecular weight is 317 g/mol. The standard InChI is InChI=1S/C17H23N3O3/c1-12-5-6-13-14(11-12)17(23)20(16(13)22)10-7-15(21)18-8-4-9-19(2)3/h5-6,11H,4,7-10H2,1-3H3,(H,18,21). The number of nitrogens with zero attached hydrogens (tertiary/aromatic N) is 2. The average Bonchev–Trinajstić information content (AvgIpc) is 2.73. The molecule has 0 atom stereocenters. The van der Waals surface area contributed by atoms with Gasteiger partial charge in [-0.3, -0.25) is 19.3 Å². The van der Waals surface area contributed by atoms with E-state index in [2.05, 4.69) is 5.32 Å². The van der Waals surface area contributed by atoms with Gasteiger partial charge in [-0.2, -0.15) is 0 Å². The highest BCUT2D eigenvalue weighted by Crippen LogP contribution is 2.23. The van der Waals surface area contributed by atoms with E-state index in [1.54, 1.807) is 12.1 Å². The predicted octanol–water partition coefficient (Wildman–Crippen LogP) is 1.05. The first kappa shape index (κ1) is 17.1. The van der Waals surface area contributed by atoms with Crippen LogP contribution >= 0.6 is 0 Å². The molecule has 6 nitrogen and oxygen atoms in total. The molecule has 2 rings (SSSR count). The van der Waals surface area contributed by atoms with E-state index < -0.39 is 0 Å². The van der Waals surface area contributed by atoms with Crippen molar-refractivity contribution in [1.82, 2.24) is 15.1 Å². The van der Waals surface area contributed by atoms with Crippen LogP contribution in [-0.2, 0) is 4.79 Å². The van der Waals surface area contributed by atoms with Crippen LogP contribution in [0.25, 0.3) is 0 Å². The maximum Gasteiger partial charge on any atom is 0.261 e. The summed E-state index contributed by atoms with van der Waals surface area (Å²) in [7, 11) is 3.96. The summed E-state index contributed by atoms with van der Waals surface area (Å²) in [6, 6.07) is 5.20. The molecule has 0 bridgehead atoms. The number of rotatable bonds is 7. The van der Waals surface area contributed by atoms with Crippen LogP contribution in [0, 0.1) is 6.92 Å². The number of carbonyl (C=O) groups is 3. The number of hydrogen-bond acceptors (Lipinski definition) is 4. The summed E-state index contributed by atoms with van der Waals surface area (Å²) in [5, 5.41) is 2.81. The maximum atomic E-state index is 12.3. The zero-order valence-electron chi connectivity index (χ0n) is 13.9. The summed E-state index contributed by atoms with van der Waals surface area (Å²) in [6.07, 6.45) is 0.997. The Labute approximate surface area is 136 Å². The Balaban J connectivity index is 1.84. The van der Waals surface area contributed by atoms with Crippen molar-refractivity contribution in [2.45, 2.75) is 19.8 Å². The third kappa shape index (κ3) is 4.16. The first-order valence-corrected chi connectivity index (χ1v) is 7.78. The highest BCUT2D eigenvalue weighted by molar-refractivity contribution is 6.21. The van der Waals surface area contributed by atoms with Crippen molar-refractivity contribution >= 4 is 17.7 Å². The molecule has 23 heavy (non-hydrogen) atoms. The van der Waals surface area contributed by atoms with Crippen LogP contribution in [0.5, 0.6) is 0 Å². The van der Waals surface area contributed by atoms with Gasteiger partial charge in [0.05, 0.1) is 11.1 Å². The van der Waals surface area contributed by atoms with Gasteiger partial charge in [0.15, 0.2) is 0 Å². The molecule has 1 heterocycles. The molecule has 0 saturated heterocycles. The minimum atomic E-state index is -0.314. The molecular formula is C17H23N3O3. The molecule has 3 amide bonds. The quantitative estimate of drug-likeness (QED) is 0.603. The molecular weight excluding hydrogens is 294 g/mol. The Hall–Kier alpha value is -2.21. The minimum Gasteiger partial charge on any atom is -0.356 e. The lowest BCUT2D eigenvalue weighted by atomic mass is 10.1. The van der Waals surface area contributed by atoms with Crippen LogP contribution in [0.4, 0.5) is 0 Å². The van der Waals surface area contributed by atoms with Crippen molar-refractivity contribution in [3.8, 4) is 0 Å². The lowest BCUT2D eigenvalue weighted by Crippen LogP contribution is -2.35. The van der Waals surface area contributed by atoms with Gasteiger partial charge in [0, 0.05) is 19.5 Å². The number of nitrogens with one attached hydrogen (secondary N) is 1. The molecule has 1 N–H and O–H groups in total. The number of imide groups is 1. The Morgan fingerprint density at radius 2 is 1.87 bits per heavy atom. The third-order valence-corrected chi connectivity index (χ3v) is 3.79. The molecule has 0 fully saturated rings. The van der Waals surface area contributed by atoms with Crippen LogP contribution in [0.15, 0.2) is 18.2 Å². The van der Waals surface area contributed by atoms with Crippen molar-refractivity contribution in [2.75, 3.05) is 33.7 Å². The van der Waals surface area contributed by atoms with E-state index in [1.165, 1.54) is 0 Å². The van der Waals surface area contributed by atoms with Crippen molar-refractivity contribution < 1.29 is 14.4 Å². The molecule has 0 radical (unpaired) electrons. The van der Waals surface area contributed by atoms with Gasteiger partial charge in [-0.1, -0.05) is 11.6 Å². The van der Waals surface area contributed by atoms with Crippen molar-refractivity contribution in [2.24, 2.45) is 0 Å². The Kier molecular flexibility index (Phi) is 5.50. The van der Waals surface area contributed by atoms with E-state index in [4.69, 9.17) is 0 Å². The van der Waals surface area contributed by atoms with Gasteiger partial charge in [-0.15, -0.1) is 0 Å². The molecule has 0 unspecified atom stereocenters. The predicted molar refractivity (Wildman–Crippen MR) is 87.3 cm³/mol. The minimum absolute atomic E-state index is 0.116. The van der Waals surface area contributed by atoms with E-state index in [0.29, 0.717) is 17.7 Å². The number of benzene rings is 1. The van der Waals surface area contributed by atoms with Gasteiger partial charge >= 0.3 is 0 Å². The summed E-state index contributed by atoms with van der Waals surface area (Å²) in [5.41, 5.74) is 1.79. The van der Waals surface area contributed by atoms with Crippen molar-refractivity contribution in [1.29, 1.82) is 0 Å². The first-order valence-electron chi connectivity index (χ1n) is 7.78. The highest BCUT2D eigenvalue weighted by atomic mass is 16.2. The summed E-state index contributed by atoms with van der Waals surface area (Å²) in [6.45, 7) is 3.49. The SMILES string of the molecule is Cc1ccc2c(c1)C(=O)N(CCC(=O)NCCCN(C)C)C2=O. The first-order chi connectivity index (χ1) is 10.9. The molecule has 0 saturated carbocycles. The second-order valence-electron chi connectivity index (χ2n) is 6.07. The van der Waals surface area contributed by atoms with Crippen LogP contribution in [-0.4, -0.2) is 61.3 Å². The van der Waals surface area contributed by atoms with Gasteiger partial charge in [-0.25, -0.2) is 0 Å². The molecule has 0 spiro atoms. The Morgan fingerprint density at radius 3 is 2.57 bits per heavy atom. The van der Waals surface area contributed by atoms with Gasteiger partial charge in [0.2, 0.25) is 5.91 Å². The van der Waals surface area contributed by atoms with E-state index in [9.17, 15) is 14.4 Å². The molecule has 0 aliphatic carbocycles. The van der Waals surface area contributed by atoms with Crippen molar-refractivity contribution in [3.63, 3.8) is 0 Å². The molecule has 0 aromatic heterocycles. The third-order valence-electron chi connectivity index (χ3n) is 3.79. The topological polar surface area (TPSA) is 69.7 Å². The normalized spacial score (nSPS) is 13.7. The fraction of sp³-hybridized carbons (Fsp3) is 0.471. The summed E-state index contributed by atoms with van der Waals surface area (Å²) >= 11 is 0. The molecule has 1 aliphatic heterocycles. The lowest BCUT2D eigenvalue weighted by Gasteiger charge is -2.14. The largest absolute Gasteiger partial charge is 0.356 e. The zero-order valence-corrected chi connectivity index (χ0v) is 13.9. The molecule has 124 valence electrons. The fourth-order valence-corrected chi connectivity index (χ4v) is 2.53. The van der Waals surface area contributed by atoms with Crippen molar-refractivity contribution in [3.05, 3.63) is 34.9 Å². The number of amides is 3. The highest BCUT2D eigenvalue weighted by Gasteiger charge is 2.35.